The molecule has 158 valence electrons. The van der Waals surface area contributed by atoms with Gasteiger partial charge < -0.3 is 4.90 Å². The number of sulfonamides is 1. The van der Waals surface area contributed by atoms with Gasteiger partial charge >= 0.3 is 0 Å². The van der Waals surface area contributed by atoms with E-state index < -0.39 is 19.9 Å². The average molecular weight is 437 g/mol. The van der Waals surface area contributed by atoms with E-state index in [0.717, 1.165) is 38.8 Å². The molecule has 1 N–H and O–H groups in total. The molecule has 0 amide bonds. The molecule has 0 aromatic heterocycles. The molecule has 1 aliphatic rings. The van der Waals surface area contributed by atoms with E-state index in [2.05, 4.69) is 9.62 Å². The van der Waals surface area contributed by atoms with Crippen LogP contribution in [-0.2, 0) is 19.9 Å². The van der Waals surface area contributed by atoms with Crippen molar-refractivity contribution in [1.82, 2.24) is 0 Å². The first-order valence-corrected chi connectivity index (χ1v) is 13.2. The summed E-state index contributed by atoms with van der Waals surface area (Å²) >= 11 is 0. The van der Waals surface area contributed by atoms with Gasteiger partial charge in [0, 0.05) is 18.8 Å². The minimum Gasteiger partial charge on any atom is -0.370 e. The molecule has 2 aromatic rings. The second kappa shape index (κ2) is 9.17. The third-order valence-corrected chi connectivity index (χ3v) is 8.33. The lowest BCUT2D eigenvalue weighted by Crippen LogP contribution is -2.31. The van der Waals surface area contributed by atoms with Crippen molar-refractivity contribution in [3.8, 4) is 0 Å². The lowest BCUT2D eigenvalue weighted by Gasteiger charge is -2.30. The smallest absolute Gasteiger partial charge is 0.263 e. The van der Waals surface area contributed by atoms with Gasteiger partial charge in [-0.15, -0.1) is 0 Å². The number of hydrogen-bond acceptors (Lipinski definition) is 5. The average Bonchev–Trinajstić information content (AvgIpc) is 2.73. The van der Waals surface area contributed by atoms with Gasteiger partial charge in [-0.05, 0) is 62.1 Å². The summed E-state index contributed by atoms with van der Waals surface area (Å²) < 4.78 is 53.2. The zero-order valence-corrected chi connectivity index (χ0v) is 18.3. The second-order valence-electron chi connectivity index (χ2n) is 7.32. The molecule has 8 heteroatoms. The van der Waals surface area contributed by atoms with Gasteiger partial charge in [-0.2, -0.15) is 0 Å². The van der Waals surface area contributed by atoms with Gasteiger partial charge in [0.1, 0.15) is 4.90 Å². The first-order chi connectivity index (χ1) is 13.8. The molecule has 1 fully saturated rings. The van der Waals surface area contributed by atoms with E-state index in [4.69, 9.17) is 0 Å². The number of benzene rings is 2. The van der Waals surface area contributed by atoms with E-state index in [1.54, 1.807) is 12.1 Å². The number of unbranched alkanes of at least 4 members (excludes halogenated alkanes) is 1. The van der Waals surface area contributed by atoms with Gasteiger partial charge in [-0.25, -0.2) is 16.8 Å². The predicted molar refractivity (Wildman–Crippen MR) is 117 cm³/mol. The zero-order chi connectivity index (χ0) is 20.9. The Morgan fingerprint density at radius 1 is 0.897 bits per heavy atom. The standard InChI is InChI=1S/C21H28N2O4S2/c1-2-3-17-28(24,25)19-13-11-18(12-14-19)22-29(26,27)21-10-6-5-9-20(21)23-15-7-4-8-16-23/h5-6,9-14,22H,2-4,7-8,15-17H2,1H3. The van der Waals surface area contributed by atoms with E-state index in [9.17, 15) is 16.8 Å². The topological polar surface area (TPSA) is 83.5 Å². The molecule has 0 aliphatic carbocycles. The molecule has 0 spiro atoms. The number of sulfone groups is 1. The maximum Gasteiger partial charge on any atom is 0.263 e. The fraction of sp³-hybridized carbons (Fsp3) is 0.429. The highest BCUT2D eigenvalue weighted by Crippen LogP contribution is 2.29. The maximum absolute atomic E-state index is 13.0. The lowest BCUT2D eigenvalue weighted by atomic mass is 10.1. The van der Waals surface area contributed by atoms with Gasteiger partial charge in [-0.3, -0.25) is 4.72 Å². The van der Waals surface area contributed by atoms with Crippen LogP contribution < -0.4 is 9.62 Å². The van der Waals surface area contributed by atoms with Gasteiger partial charge in [0.25, 0.3) is 10.0 Å². The largest absolute Gasteiger partial charge is 0.370 e. The van der Waals surface area contributed by atoms with Crippen LogP contribution >= 0.6 is 0 Å². The van der Waals surface area contributed by atoms with Crippen LogP contribution in [0.15, 0.2) is 58.3 Å². The third-order valence-electron chi connectivity index (χ3n) is 5.08. The second-order valence-corrected chi connectivity index (χ2v) is 11.1. The van der Waals surface area contributed by atoms with E-state index in [1.807, 2.05) is 19.1 Å². The Bertz CT molecular complexity index is 1030. The third kappa shape index (κ3) is 5.30. The summed E-state index contributed by atoms with van der Waals surface area (Å²) in [5.41, 5.74) is 1.05. The number of anilines is 2. The summed E-state index contributed by atoms with van der Waals surface area (Å²) in [6, 6.07) is 12.9. The Morgan fingerprint density at radius 2 is 1.55 bits per heavy atom. The molecule has 0 bridgehead atoms. The molecule has 1 saturated heterocycles. The minimum atomic E-state index is -3.80. The Balaban J connectivity index is 1.82. The van der Waals surface area contributed by atoms with Crippen molar-refractivity contribution in [2.24, 2.45) is 0 Å². The van der Waals surface area contributed by atoms with Crippen molar-refractivity contribution in [2.45, 2.75) is 48.8 Å². The van der Waals surface area contributed by atoms with Gasteiger partial charge in [0.2, 0.25) is 0 Å². The number of hydrogen-bond donors (Lipinski definition) is 1. The van der Waals surface area contributed by atoms with Crippen LogP contribution in [0.4, 0.5) is 11.4 Å². The van der Waals surface area contributed by atoms with Crippen molar-refractivity contribution < 1.29 is 16.8 Å². The normalized spacial score (nSPS) is 15.3. The molecule has 6 nitrogen and oxygen atoms in total. The zero-order valence-electron chi connectivity index (χ0n) is 16.7. The molecule has 1 aliphatic heterocycles. The highest BCUT2D eigenvalue weighted by Gasteiger charge is 2.23. The molecule has 0 saturated carbocycles. The monoisotopic (exact) mass is 436 g/mol. The molecule has 29 heavy (non-hydrogen) atoms. The summed E-state index contributed by atoms with van der Waals surface area (Å²) in [7, 11) is -7.14. The number of piperidine rings is 1. The van der Waals surface area contributed by atoms with Crippen LogP contribution in [0.3, 0.4) is 0 Å². The molecule has 0 radical (unpaired) electrons. The predicted octanol–water partition coefficient (Wildman–Crippen LogP) is 4.05. The summed E-state index contributed by atoms with van der Waals surface area (Å²) in [6.45, 7) is 3.63. The molecule has 0 unspecified atom stereocenters. The van der Waals surface area contributed by atoms with E-state index in [1.165, 1.54) is 24.3 Å². The first kappa shape index (κ1) is 21.6. The number of nitrogens with zero attached hydrogens (tertiary/aromatic N) is 1. The minimum absolute atomic E-state index is 0.0950. The van der Waals surface area contributed by atoms with Gasteiger partial charge in [0.15, 0.2) is 9.84 Å². The van der Waals surface area contributed by atoms with Crippen LogP contribution in [0.25, 0.3) is 0 Å². The van der Waals surface area contributed by atoms with E-state index in [-0.39, 0.29) is 15.5 Å². The Morgan fingerprint density at radius 3 is 2.21 bits per heavy atom. The van der Waals surface area contributed by atoms with Crippen LogP contribution in [0.1, 0.15) is 39.0 Å². The highest BCUT2D eigenvalue weighted by molar-refractivity contribution is 7.93. The van der Waals surface area contributed by atoms with Crippen LogP contribution in [0.5, 0.6) is 0 Å². The number of rotatable bonds is 8. The maximum atomic E-state index is 13.0. The fourth-order valence-corrected chi connectivity index (χ4v) is 6.21. The van der Waals surface area contributed by atoms with Gasteiger partial charge in [-0.1, -0.05) is 25.5 Å². The summed E-state index contributed by atoms with van der Waals surface area (Å²) in [4.78, 5) is 2.56. The molecular weight excluding hydrogens is 408 g/mol. The van der Waals surface area contributed by atoms with E-state index in [0.29, 0.717) is 17.8 Å². The van der Waals surface area contributed by atoms with Crippen molar-refractivity contribution in [1.29, 1.82) is 0 Å². The summed E-state index contributed by atoms with van der Waals surface area (Å²) in [6.07, 6.45) is 4.67. The first-order valence-electron chi connectivity index (χ1n) is 10.0. The molecular formula is C21H28N2O4S2. The molecule has 1 heterocycles. The Kier molecular flexibility index (Phi) is 6.85. The van der Waals surface area contributed by atoms with Crippen LogP contribution in [-0.4, -0.2) is 35.7 Å². The molecule has 0 atom stereocenters. The SMILES string of the molecule is CCCCS(=O)(=O)c1ccc(NS(=O)(=O)c2ccccc2N2CCCCC2)cc1. The quantitative estimate of drug-likeness (QED) is 0.675. The summed E-state index contributed by atoms with van der Waals surface area (Å²) in [5, 5.41) is 0. The highest BCUT2D eigenvalue weighted by atomic mass is 32.2. The molecule has 2 aromatic carbocycles. The van der Waals surface area contributed by atoms with Gasteiger partial charge in [0.05, 0.1) is 16.3 Å². The number of nitrogens with one attached hydrogen (secondary N) is 1. The number of para-hydroxylation sites is 1. The Hall–Kier alpha value is -2.06. The van der Waals surface area contributed by atoms with E-state index >= 15 is 0 Å². The lowest BCUT2D eigenvalue weighted by molar-refractivity contribution is 0.571. The molecule has 3 rings (SSSR count). The van der Waals surface area contributed by atoms with Crippen LogP contribution in [0, 0.1) is 0 Å². The van der Waals surface area contributed by atoms with Crippen molar-refractivity contribution >= 4 is 31.2 Å². The Labute approximate surface area is 173 Å². The van der Waals surface area contributed by atoms with Crippen molar-refractivity contribution in [3.63, 3.8) is 0 Å². The van der Waals surface area contributed by atoms with Crippen LogP contribution in [0.2, 0.25) is 0 Å². The van der Waals surface area contributed by atoms with Crippen molar-refractivity contribution in [2.75, 3.05) is 28.5 Å². The van der Waals surface area contributed by atoms with Crippen molar-refractivity contribution in [3.05, 3.63) is 48.5 Å². The summed E-state index contributed by atoms with van der Waals surface area (Å²) in [5.74, 6) is 0.0950. The fourth-order valence-electron chi connectivity index (χ4n) is 3.47.